The van der Waals surface area contributed by atoms with E-state index in [1.165, 1.54) is 11.1 Å². The molecule has 0 aliphatic carbocycles. The van der Waals surface area contributed by atoms with Crippen molar-refractivity contribution in [2.24, 2.45) is 4.99 Å². The van der Waals surface area contributed by atoms with E-state index in [1.807, 2.05) is 0 Å². The zero-order chi connectivity index (χ0) is 19.6. The molecule has 0 unspecified atom stereocenters. The highest BCUT2D eigenvalue weighted by molar-refractivity contribution is 14.0. The summed E-state index contributed by atoms with van der Waals surface area (Å²) in [6.45, 7) is 10.1. The van der Waals surface area contributed by atoms with Crippen LogP contribution in [0.5, 0.6) is 0 Å². The van der Waals surface area contributed by atoms with E-state index in [1.54, 1.807) is 7.05 Å². The molecule has 6 nitrogen and oxygen atoms in total. The van der Waals surface area contributed by atoms with Crippen LogP contribution in [0.15, 0.2) is 33.8 Å². The van der Waals surface area contributed by atoms with Crippen LogP contribution in [0.3, 0.4) is 0 Å². The maximum absolute atomic E-state index is 5.25. The van der Waals surface area contributed by atoms with E-state index in [0.717, 1.165) is 31.2 Å². The lowest BCUT2D eigenvalue weighted by atomic mass is 10.0. The molecule has 1 aromatic carbocycles. The van der Waals surface area contributed by atoms with Crippen molar-refractivity contribution < 1.29 is 4.52 Å². The Balaban J connectivity index is 0.00000392. The van der Waals surface area contributed by atoms with Gasteiger partial charge in [0, 0.05) is 32.5 Å². The van der Waals surface area contributed by atoms with Crippen LogP contribution in [0.4, 0.5) is 0 Å². The third-order valence-corrected chi connectivity index (χ3v) is 4.44. The van der Waals surface area contributed by atoms with E-state index >= 15 is 0 Å². The van der Waals surface area contributed by atoms with Gasteiger partial charge in [0.15, 0.2) is 11.8 Å². The maximum atomic E-state index is 5.25. The molecule has 28 heavy (non-hydrogen) atoms. The molecule has 0 atom stereocenters. The van der Waals surface area contributed by atoms with Crippen LogP contribution in [0.1, 0.15) is 68.8 Å². The van der Waals surface area contributed by atoms with Crippen LogP contribution in [-0.4, -0.2) is 36.2 Å². The molecule has 156 valence electrons. The van der Waals surface area contributed by atoms with Crippen molar-refractivity contribution in [3.05, 3.63) is 47.1 Å². The van der Waals surface area contributed by atoms with Crippen molar-refractivity contribution in [1.29, 1.82) is 0 Å². The predicted octanol–water partition coefficient (Wildman–Crippen LogP) is 4.27. The summed E-state index contributed by atoms with van der Waals surface area (Å²) in [5.41, 5.74) is 2.77. The van der Waals surface area contributed by atoms with E-state index in [4.69, 9.17) is 4.52 Å². The lowest BCUT2D eigenvalue weighted by molar-refractivity contribution is 0.371. The first-order valence-corrected chi connectivity index (χ1v) is 9.85. The van der Waals surface area contributed by atoms with Crippen LogP contribution < -0.4 is 10.6 Å². The van der Waals surface area contributed by atoms with Gasteiger partial charge in [0.05, 0.1) is 0 Å². The SMILES string of the molecule is CN=C(NCCCc1ccc(C(C)C)cc1)NCCc1nc(C(C)C)no1.I. The van der Waals surface area contributed by atoms with Crippen molar-refractivity contribution in [1.82, 2.24) is 20.8 Å². The summed E-state index contributed by atoms with van der Waals surface area (Å²) in [7, 11) is 1.78. The lowest BCUT2D eigenvalue weighted by Crippen LogP contribution is -2.38. The molecular formula is C21H34IN5O. The minimum absolute atomic E-state index is 0. The summed E-state index contributed by atoms with van der Waals surface area (Å²) in [6, 6.07) is 8.93. The fourth-order valence-corrected chi connectivity index (χ4v) is 2.68. The second kappa shape index (κ2) is 12.7. The van der Waals surface area contributed by atoms with Crippen molar-refractivity contribution in [2.45, 2.75) is 58.8 Å². The molecular weight excluding hydrogens is 465 g/mol. The molecule has 0 amide bonds. The van der Waals surface area contributed by atoms with Crippen molar-refractivity contribution in [3.8, 4) is 0 Å². The van der Waals surface area contributed by atoms with Gasteiger partial charge < -0.3 is 15.2 Å². The topological polar surface area (TPSA) is 75.3 Å². The average molecular weight is 499 g/mol. The first kappa shape index (κ1) is 24.4. The Morgan fingerprint density at radius 1 is 1.00 bits per heavy atom. The fourth-order valence-electron chi connectivity index (χ4n) is 2.68. The first-order chi connectivity index (χ1) is 13.0. The Morgan fingerprint density at radius 2 is 1.68 bits per heavy atom. The van der Waals surface area contributed by atoms with Gasteiger partial charge in [-0.25, -0.2) is 0 Å². The molecule has 1 aromatic heterocycles. The van der Waals surface area contributed by atoms with Crippen LogP contribution in [0.2, 0.25) is 0 Å². The lowest BCUT2D eigenvalue weighted by Gasteiger charge is -2.11. The number of aryl methyl sites for hydroxylation is 1. The minimum Gasteiger partial charge on any atom is -0.356 e. The Morgan fingerprint density at radius 3 is 2.25 bits per heavy atom. The molecule has 7 heteroatoms. The monoisotopic (exact) mass is 499 g/mol. The molecule has 0 aliphatic rings. The number of guanidine groups is 1. The van der Waals surface area contributed by atoms with E-state index in [9.17, 15) is 0 Å². The van der Waals surface area contributed by atoms with E-state index in [-0.39, 0.29) is 29.9 Å². The Labute approximate surface area is 186 Å². The molecule has 0 aliphatic heterocycles. The highest BCUT2D eigenvalue weighted by Crippen LogP contribution is 2.15. The molecule has 0 fully saturated rings. The molecule has 0 spiro atoms. The third kappa shape index (κ3) is 8.16. The number of rotatable bonds is 9. The van der Waals surface area contributed by atoms with Gasteiger partial charge in [-0.15, -0.1) is 24.0 Å². The Bertz CT molecular complexity index is 710. The third-order valence-electron chi connectivity index (χ3n) is 4.44. The predicted molar refractivity (Wildman–Crippen MR) is 126 cm³/mol. The van der Waals surface area contributed by atoms with E-state index in [2.05, 4.69) is 77.7 Å². The molecule has 2 N–H and O–H groups in total. The van der Waals surface area contributed by atoms with E-state index < -0.39 is 0 Å². The van der Waals surface area contributed by atoms with Crippen molar-refractivity contribution >= 4 is 29.9 Å². The quantitative estimate of drug-likeness (QED) is 0.233. The summed E-state index contributed by atoms with van der Waals surface area (Å²) in [5.74, 6) is 3.08. The highest BCUT2D eigenvalue weighted by atomic mass is 127. The number of benzene rings is 1. The Kier molecular flexibility index (Phi) is 11.1. The zero-order valence-electron chi connectivity index (χ0n) is 17.7. The van der Waals surface area contributed by atoms with Crippen molar-refractivity contribution in [2.75, 3.05) is 20.1 Å². The standard InChI is InChI=1S/C21H33N5O.HI/c1-15(2)18-10-8-17(9-11-18)7-6-13-23-21(22-5)24-14-12-19-25-20(16(3)4)26-27-19;/h8-11,15-16H,6-7,12-14H2,1-5H3,(H2,22,23,24);1H. The van der Waals surface area contributed by atoms with Gasteiger partial charge in [0.25, 0.3) is 0 Å². The van der Waals surface area contributed by atoms with Gasteiger partial charge >= 0.3 is 0 Å². The number of hydrogen-bond donors (Lipinski definition) is 2. The van der Waals surface area contributed by atoms with Gasteiger partial charge in [-0.3, -0.25) is 4.99 Å². The number of aromatic nitrogens is 2. The minimum atomic E-state index is 0. The van der Waals surface area contributed by atoms with Gasteiger partial charge in [-0.1, -0.05) is 57.1 Å². The second-order valence-corrected chi connectivity index (χ2v) is 7.38. The molecule has 0 saturated carbocycles. The largest absolute Gasteiger partial charge is 0.356 e. The highest BCUT2D eigenvalue weighted by Gasteiger charge is 2.09. The Hall–Kier alpha value is -1.64. The van der Waals surface area contributed by atoms with Gasteiger partial charge in [0.1, 0.15) is 0 Å². The second-order valence-electron chi connectivity index (χ2n) is 7.38. The average Bonchev–Trinajstić information content (AvgIpc) is 3.13. The van der Waals surface area contributed by atoms with Crippen LogP contribution in [0.25, 0.3) is 0 Å². The number of nitrogens with zero attached hydrogens (tertiary/aromatic N) is 3. The van der Waals surface area contributed by atoms with Crippen LogP contribution >= 0.6 is 24.0 Å². The first-order valence-electron chi connectivity index (χ1n) is 9.85. The van der Waals surface area contributed by atoms with Crippen LogP contribution in [-0.2, 0) is 12.8 Å². The summed E-state index contributed by atoms with van der Waals surface area (Å²) >= 11 is 0. The van der Waals surface area contributed by atoms with Crippen LogP contribution in [0, 0.1) is 0 Å². The summed E-state index contributed by atoms with van der Waals surface area (Å²) in [5, 5.41) is 10.6. The van der Waals surface area contributed by atoms with Crippen molar-refractivity contribution in [3.63, 3.8) is 0 Å². The number of nitrogens with one attached hydrogen (secondary N) is 2. The number of hydrogen-bond acceptors (Lipinski definition) is 4. The molecule has 2 rings (SSSR count). The maximum Gasteiger partial charge on any atom is 0.228 e. The molecule has 0 bridgehead atoms. The molecule has 0 radical (unpaired) electrons. The van der Waals surface area contributed by atoms with Gasteiger partial charge in [0.2, 0.25) is 5.89 Å². The van der Waals surface area contributed by atoms with Gasteiger partial charge in [-0.05, 0) is 29.9 Å². The summed E-state index contributed by atoms with van der Waals surface area (Å²) in [4.78, 5) is 8.64. The van der Waals surface area contributed by atoms with E-state index in [0.29, 0.717) is 24.8 Å². The molecule has 0 saturated heterocycles. The van der Waals surface area contributed by atoms with Gasteiger partial charge in [-0.2, -0.15) is 4.98 Å². The molecule has 1 heterocycles. The summed E-state index contributed by atoms with van der Waals surface area (Å²) in [6.07, 6.45) is 2.80. The molecule has 2 aromatic rings. The fraction of sp³-hybridized carbons (Fsp3) is 0.571. The smallest absolute Gasteiger partial charge is 0.228 e. The zero-order valence-corrected chi connectivity index (χ0v) is 20.0. The number of aliphatic imine (C=N–C) groups is 1. The normalized spacial score (nSPS) is 11.6. The number of halogens is 1. The summed E-state index contributed by atoms with van der Waals surface area (Å²) < 4.78 is 5.25.